The molecule has 0 radical (unpaired) electrons. The van der Waals surface area contributed by atoms with Gasteiger partial charge in [0.05, 0.1) is 11.9 Å². The summed E-state index contributed by atoms with van der Waals surface area (Å²) >= 11 is 0. The number of aromatic nitrogens is 1. The Labute approximate surface area is 132 Å². The second-order valence-corrected chi connectivity index (χ2v) is 6.53. The molecule has 2 rings (SSSR count). The van der Waals surface area contributed by atoms with Gasteiger partial charge in [0.2, 0.25) is 5.91 Å². The molecule has 4 heteroatoms. The first-order valence-electron chi connectivity index (χ1n) is 7.38. The van der Waals surface area contributed by atoms with E-state index in [4.69, 9.17) is 0 Å². The van der Waals surface area contributed by atoms with Gasteiger partial charge in [-0.1, -0.05) is 39.0 Å². The zero-order valence-corrected chi connectivity index (χ0v) is 13.8. The van der Waals surface area contributed by atoms with E-state index in [2.05, 4.69) is 41.6 Å². The molecule has 1 amide bonds. The molecule has 0 saturated heterocycles. The number of nitrogens with one attached hydrogen (secondary N) is 2. The van der Waals surface area contributed by atoms with Gasteiger partial charge in [0.15, 0.2) is 0 Å². The zero-order chi connectivity index (χ0) is 16.3. The summed E-state index contributed by atoms with van der Waals surface area (Å²) in [6, 6.07) is 9.88. The minimum Gasteiger partial charge on any atom is -0.340 e. The van der Waals surface area contributed by atoms with E-state index < -0.39 is 5.41 Å². The molecule has 0 aliphatic heterocycles. The van der Waals surface area contributed by atoms with Gasteiger partial charge in [-0.2, -0.15) is 0 Å². The summed E-state index contributed by atoms with van der Waals surface area (Å²) in [5.41, 5.74) is 3.70. The number of rotatable bonds is 3. The lowest BCUT2D eigenvalue weighted by atomic mass is 9.96. The maximum Gasteiger partial charge on any atom is 0.229 e. The lowest BCUT2D eigenvalue weighted by Crippen LogP contribution is -2.27. The fraction of sp³-hybridized carbons (Fsp3) is 0.333. The van der Waals surface area contributed by atoms with Crippen LogP contribution in [0, 0.1) is 19.3 Å². The van der Waals surface area contributed by atoms with Crippen LogP contribution < -0.4 is 10.6 Å². The van der Waals surface area contributed by atoms with E-state index in [-0.39, 0.29) is 5.91 Å². The molecule has 0 fully saturated rings. The molecule has 116 valence electrons. The van der Waals surface area contributed by atoms with E-state index in [1.165, 1.54) is 11.1 Å². The van der Waals surface area contributed by atoms with Crippen LogP contribution in [0.15, 0.2) is 36.5 Å². The van der Waals surface area contributed by atoms with Gasteiger partial charge in [0.25, 0.3) is 0 Å². The number of aryl methyl sites for hydroxylation is 2. The molecule has 1 heterocycles. The summed E-state index contributed by atoms with van der Waals surface area (Å²) in [6.07, 6.45) is 1.67. The third kappa shape index (κ3) is 3.85. The van der Waals surface area contributed by atoms with Crippen molar-refractivity contribution in [1.29, 1.82) is 0 Å². The molecule has 1 aromatic heterocycles. The van der Waals surface area contributed by atoms with Gasteiger partial charge in [0.1, 0.15) is 5.82 Å². The minimum atomic E-state index is -0.421. The number of para-hydroxylation sites is 1. The second kappa shape index (κ2) is 6.18. The summed E-state index contributed by atoms with van der Waals surface area (Å²) in [6.45, 7) is 9.77. The molecule has 0 aliphatic rings. The van der Waals surface area contributed by atoms with Crippen LogP contribution in [0.2, 0.25) is 0 Å². The highest BCUT2D eigenvalue weighted by Crippen LogP contribution is 2.24. The minimum absolute atomic E-state index is 0.0234. The fourth-order valence-electron chi connectivity index (χ4n) is 2.00. The Hall–Kier alpha value is -2.36. The Bertz CT molecular complexity index is 649. The van der Waals surface area contributed by atoms with Crippen molar-refractivity contribution in [2.45, 2.75) is 34.6 Å². The summed E-state index contributed by atoms with van der Waals surface area (Å²) in [7, 11) is 0. The molecule has 2 N–H and O–H groups in total. The zero-order valence-electron chi connectivity index (χ0n) is 13.8. The summed E-state index contributed by atoms with van der Waals surface area (Å²) in [4.78, 5) is 16.3. The molecule has 2 aromatic rings. The van der Waals surface area contributed by atoms with Crippen molar-refractivity contribution < 1.29 is 4.79 Å². The van der Waals surface area contributed by atoms with E-state index in [0.717, 1.165) is 11.5 Å². The molecule has 0 aliphatic carbocycles. The monoisotopic (exact) mass is 297 g/mol. The van der Waals surface area contributed by atoms with Crippen LogP contribution in [0.1, 0.15) is 31.9 Å². The Kier molecular flexibility index (Phi) is 4.50. The molecular weight excluding hydrogens is 274 g/mol. The molecular formula is C18H23N3O. The van der Waals surface area contributed by atoms with Crippen molar-refractivity contribution >= 4 is 23.1 Å². The first kappa shape index (κ1) is 16.0. The van der Waals surface area contributed by atoms with Gasteiger partial charge < -0.3 is 10.6 Å². The predicted octanol–water partition coefficient (Wildman–Crippen LogP) is 4.43. The maximum absolute atomic E-state index is 11.9. The fourth-order valence-corrected chi connectivity index (χ4v) is 2.00. The normalized spacial score (nSPS) is 11.1. The molecule has 1 aromatic carbocycles. The number of carbonyl (C=O) groups excluding carboxylic acids is 1. The van der Waals surface area contributed by atoms with Gasteiger partial charge in [-0.05, 0) is 37.1 Å². The number of carbonyl (C=O) groups is 1. The average Bonchev–Trinajstić information content (AvgIpc) is 2.44. The SMILES string of the molecule is Cc1cccc(C)c1Nc1ccc(NC(=O)C(C)(C)C)cn1. The van der Waals surface area contributed by atoms with E-state index in [1.54, 1.807) is 6.20 Å². The van der Waals surface area contributed by atoms with Gasteiger partial charge in [-0.15, -0.1) is 0 Å². The number of hydrogen-bond donors (Lipinski definition) is 2. The van der Waals surface area contributed by atoms with Gasteiger partial charge in [0, 0.05) is 11.1 Å². The smallest absolute Gasteiger partial charge is 0.229 e. The van der Waals surface area contributed by atoms with Crippen molar-refractivity contribution in [2.75, 3.05) is 10.6 Å². The van der Waals surface area contributed by atoms with Gasteiger partial charge in [-0.25, -0.2) is 4.98 Å². The predicted molar refractivity (Wildman–Crippen MR) is 91.5 cm³/mol. The Morgan fingerprint density at radius 1 is 1.05 bits per heavy atom. The van der Waals surface area contributed by atoms with Crippen LogP contribution in [0.4, 0.5) is 17.2 Å². The first-order valence-corrected chi connectivity index (χ1v) is 7.38. The molecule has 0 unspecified atom stereocenters. The molecule has 0 saturated carbocycles. The highest BCUT2D eigenvalue weighted by Gasteiger charge is 2.21. The third-order valence-electron chi connectivity index (χ3n) is 3.44. The number of amides is 1. The molecule has 22 heavy (non-hydrogen) atoms. The van der Waals surface area contributed by atoms with Crippen molar-refractivity contribution in [3.63, 3.8) is 0 Å². The van der Waals surface area contributed by atoms with Gasteiger partial charge in [-0.3, -0.25) is 4.79 Å². The van der Waals surface area contributed by atoms with E-state index in [9.17, 15) is 4.79 Å². The Morgan fingerprint density at radius 3 is 2.18 bits per heavy atom. The van der Waals surface area contributed by atoms with Crippen molar-refractivity contribution in [1.82, 2.24) is 4.98 Å². The largest absolute Gasteiger partial charge is 0.340 e. The Morgan fingerprint density at radius 2 is 1.68 bits per heavy atom. The lowest BCUT2D eigenvalue weighted by molar-refractivity contribution is -0.123. The summed E-state index contributed by atoms with van der Waals surface area (Å²) in [5, 5.41) is 6.19. The number of nitrogens with zero attached hydrogens (tertiary/aromatic N) is 1. The van der Waals surface area contributed by atoms with Crippen molar-refractivity contribution in [3.8, 4) is 0 Å². The van der Waals surface area contributed by atoms with Crippen LogP contribution >= 0.6 is 0 Å². The van der Waals surface area contributed by atoms with Gasteiger partial charge >= 0.3 is 0 Å². The quantitative estimate of drug-likeness (QED) is 0.881. The summed E-state index contributed by atoms with van der Waals surface area (Å²) in [5.74, 6) is 0.732. The van der Waals surface area contributed by atoms with Crippen molar-refractivity contribution in [2.24, 2.45) is 5.41 Å². The van der Waals surface area contributed by atoms with Crippen LogP contribution in [0.25, 0.3) is 0 Å². The van der Waals surface area contributed by atoms with Crippen LogP contribution in [0.3, 0.4) is 0 Å². The van der Waals surface area contributed by atoms with Crippen LogP contribution in [-0.2, 0) is 4.79 Å². The number of pyridine rings is 1. The molecule has 0 bridgehead atoms. The third-order valence-corrected chi connectivity index (χ3v) is 3.44. The number of hydrogen-bond acceptors (Lipinski definition) is 3. The average molecular weight is 297 g/mol. The number of benzene rings is 1. The van der Waals surface area contributed by atoms with E-state index >= 15 is 0 Å². The second-order valence-electron chi connectivity index (χ2n) is 6.53. The standard InChI is InChI=1S/C18H23N3O/c1-12-7-6-8-13(2)16(12)21-15-10-9-14(11-19-15)20-17(22)18(3,4)5/h6-11H,1-5H3,(H,19,21)(H,20,22). The van der Waals surface area contributed by atoms with Crippen LogP contribution in [0.5, 0.6) is 0 Å². The molecule has 0 spiro atoms. The van der Waals surface area contributed by atoms with Crippen LogP contribution in [-0.4, -0.2) is 10.9 Å². The molecule has 0 atom stereocenters. The number of anilines is 3. The lowest BCUT2D eigenvalue weighted by Gasteiger charge is -2.17. The van der Waals surface area contributed by atoms with E-state index in [0.29, 0.717) is 5.69 Å². The Balaban J connectivity index is 2.11. The highest BCUT2D eigenvalue weighted by molar-refractivity contribution is 5.94. The highest BCUT2D eigenvalue weighted by atomic mass is 16.2. The topological polar surface area (TPSA) is 54.0 Å². The van der Waals surface area contributed by atoms with Crippen molar-refractivity contribution in [3.05, 3.63) is 47.7 Å². The van der Waals surface area contributed by atoms with E-state index in [1.807, 2.05) is 39.0 Å². The molecule has 4 nitrogen and oxygen atoms in total. The maximum atomic E-state index is 11.9. The first-order chi connectivity index (χ1) is 10.3. The summed E-state index contributed by atoms with van der Waals surface area (Å²) < 4.78 is 0.